The van der Waals surface area contributed by atoms with E-state index in [-0.39, 0.29) is 24.8 Å². The maximum absolute atomic E-state index is 5.22. The van der Waals surface area contributed by atoms with Gasteiger partial charge in [0.05, 0.1) is 12.2 Å². The number of piperidine rings is 2. The molecule has 124 valence electrons. The lowest BCUT2D eigenvalue weighted by molar-refractivity contribution is 0.0645. The molecule has 2 aliphatic rings. The van der Waals surface area contributed by atoms with Crippen LogP contribution in [-0.2, 0) is 9.47 Å². The molecule has 0 aromatic heterocycles. The van der Waals surface area contributed by atoms with Crippen molar-refractivity contribution in [3.8, 4) is 0 Å². The highest BCUT2D eigenvalue weighted by molar-refractivity contribution is 5.85. The first-order chi connectivity index (χ1) is 8.65. The van der Waals surface area contributed by atoms with Crippen molar-refractivity contribution in [3.05, 3.63) is 0 Å². The first kappa shape index (κ1) is 22.7. The van der Waals surface area contributed by atoms with Gasteiger partial charge in [0.15, 0.2) is 0 Å². The highest BCUT2D eigenvalue weighted by Gasteiger charge is 2.17. The predicted octanol–water partition coefficient (Wildman–Crippen LogP) is 2.39. The van der Waals surface area contributed by atoms with Gasteiger partial charge in [0.1, 0.15) is 0 Å². The molecule has 2 rings (SSSR count). The van der Waals surface area contributed by atoms with Crippen molar-refractivity contribution in [2.24, 2.45) is 0 Å². The minimum atomic E-state index is 0. The summed E-state index contributed by atoms with van der Waals surface area (Å²) in [5.41, 5.74) is 0. The molecule has 0 radical (unpaired) electrons. The molecule has 2 saturated heterocycles. The van der Waals surface area contributed by atoms with E-state index >= 15 is 0 Å². The molecule has 6 heteroatoms. The van der Waals surface area contributed by atoms with E-state index in [1.807, 2.05) is 0 Å². The molecule has 0 saturated carbocycles. The van der Waals surface area contributed by atoms with Gasteiger partial charge in [0, 0.05) is 26.3 Å². The average Bonchev–Trinajstić information content (AvgIpc) is 2.39. The lowest BCUT2D eigenvalue weighted by Gasteiger charge is -2.26. The molecule has 20 heavy (non-hydrogen) atoms. The molecule has 0 amide bonds. The van der Waals surface area contributed by atoms with Crippen LogP contribution in [0.4, 0.5) is 0 Å². The van der Waals surface area contributed by atoms with E-state index in [1.54, 1.807) is 14.2 Å². The Kier molecular flexibility index (Phi) is 14.9. The van der Waals surface area contributed by atoms with E-state index in [2.05, 4.69) is 24.5 Å². The quantitative estimate of drug-likeness (QED) is 0.815. The summed E-state index contributed by atoms with van der Waals surface area (Å²) >= 11 is 0. The maximum atomic E-state index is 5.22. The van der Waals surface area contributed by atoms with Crippen molar-refractivity contribution in [1.29, 1.82) is 0 Å². The third-order valence-corrected chi connectivity index (χ3v) is 3.82. The van der Waals surface area contributed by atoms with Gasteiger partial charge in [-0.1, -0.05) is 0 Å². The second-order valence-electron chi connectivity index (χ2n) is 5.47. The number of nitrogens with one attached hydrogen (secondary N) is 2. The monoisotopic (exact) mass is 330 g/mol. The van der Waals surface area contributed by atoms with Crippen LogP contribution in [0.15, 0.2) is 0 Å². The number of hydrogen-bond donors (Lipinski definition) is 2. The van der Waals surface area contributed by atoms with Crippen molar-refractivity contribution in [3.63, 3.8) is 0 Å². The molecule has 0 unspecified atom stereocenters. The van der Waals surface area contributed by atoms with Gasteiger partial charge in [-0.15, -0.1) is 24.8 Å². The van der Waals surface area contributed by atoms with Crippen LogP contribution in [0.2, 0.25) is 0 Å². The topological polar surface area (TPSA) is 42.5 Å². The van der Waals surface area contributed by atoms with E-state index in [9.17, 15) is 0 Å². The fourth-order valence-electron chi connectivity index (χ4n) is 2.60. The molecule has 2 heterocycles. The minimum Gasteiger partial charge on any atom is -0.381 e. The fraction of sp³-hybridized carbons (Fsp3) is 1.00. The van der Waals surface area contributed by atoms with Crippen LogP contribution in [-0.4, -0.2) is 51.6 Å². The highest BCUT2D eigenvalue weighted by atomic mass is 35.5. The van der Waals surface area contributed by atoms with E-state index < -0.39 is 0 Å². The highest BCUT2D eigenvalue weighted by Crippen LogP contribution is 2.10. The number of hydrogen-bond acceptors (Lipinski definition) is 4. The van der Waals surface area contributed by atoms with Crippen molar-refractivity contribution in [1.82, 2.24) is 10.6 Å². The fourth-order valence-corrected chi connectivity index (χ4v) is 2.60. The SMILES string of the molecule is CO[C@@H]1CCN[C@H](C)C1.CO[C@H]1CCN[C@@H](C)C1.Cl.Cl. The van der Waals surface area contributed by atoms with Gasteiger partial charge in [-0.05, 0) is 52.6 Å². The minimum absolute atomic E-state index is 0. The number of halogens is 2. The van der Waals surface area contributed by atoms with E-state index in [0.29, 0.717) is 24.3 Å². The van der Waals surface area contributed by atoms with Crippen molar-refractivity contribution >= 4 is 24.8 Å². The van der Waals surface area contributed by atoms with Crippen LogP contribution < -0.4 is 10.6 Å². The lowest BCUT2D eigenvalue weighted by atomic mass is 10.0. The van der Waals surface area contributed by atoms with Crippen molar-refractivity contribution in [2.45, 2.75) is 63.8 Å². The zero-order chi connectivity index (χ0) is 13.4. The molecule has 0 aromatic carbocycles. The van der Waals surface area contributed by atoms with Gasteiger partial charge >= 0.3 is 0 Å². The molecule has 2 N–H and O–H groups in total. The normalized spacial score (nSPS) is 33.0. The molecular weight excluding hydrogens is 299 g/mol. The lowest BCUT2D eigenvalue weighted by Crippen LogP contribution is -2.38. The molecule has 0 aliphatic carbocycles. The Balaban J connectivity index is 0. The van der Waals surface area contributed by atoms with E-state index in [0.717, 1.165) is 25.9 Å². The van der Waals surface area contributed by atoms with Crippen LogP contribution in [0.25, 0.3) is 0 Å². The zero-order valence-corrected chi connectivity index (χ0v) is 14.8. The summed E-state index contributed by atoms with van der Waals surface area (Å²) in [6.45, 7) is 6.62. The standard InChI is InChI=1S/2C7H15NO.2ClH/c2*1-6-5-7(9-2)3-4-8-6;;/h2*6-8H,3-5H2,1-2H3;2*1H/t2*6-,7-;;/m10../s1. The number of rotatable bonds is 2. The largest absolute Gasteiger partial charge is 0.381 e. The van der Waals surface area contributed by atoms with Crippen molar-refractivity contribution in [2.75, 3.05) is 27.3 Å². The van der Waals surface area contributed by atoms with Gasteiger partial charge in [0.2, 0.25) is 0 Å². The van der Waals surface area contributed by atoms with Gasteiger partial charge in [0.25, 0.3) is 0 Å². The maximum Gasteiger partial charge on any atom is 0.0598 e. The molecular formula is C14H32Cl2N2O2. The zero-order valence-electron chi connectivity index (χ0n) is 13.2. The van der Waals surface area contributed by atoms with Crippen molar-refractivity contribution < 1.29 is 9.47 Å². The molecule has 0 bridgehead atoms. The number of ether oxygens (including phenoxy) is 2. The van der Waals surface area contributed by atoms with E-state index in [4.69, 9.17) is 9.47 Å². The Morgan fingerprint density at radius 2 is 1.10 bits per heavy atom. The summed E-state index contributed by atoms with van der Waals surface area (Å²) < 4.78 is 10.4. The Labute approximate surface area is 136 Å². The van der Waals surface area contributed by atoms with Crippen LogP contribution in [0.5, 0.6) is 0 Å². The molecule has 0 spiro atoms. The van der Waals surface area contributed by atoms with Crippen LogP contribution >= 0.6 is 24.8 Å². The van der Waals surface area contributed by atoms with Gasteiger partial charge < -0.3 is 20.1 Å². The second kappa shape index (κ2) is 13.1. The summed E-state index contributed by atoms with van der Waals surface area (Å²) in [7, 11) is 3.59. The van der Waals surface area contributed by atoms with Gasteiger partial charge in [-0.2, -0.15) is 0 Å². The smallest absolute Gasteiger partial charge is 0.0598 e. The molecule has 4 nitrogen and oxygen atoms in total. The Morgan fingerprint density at radius 3 is 1.30 bits per heavy atom. The summed E-state index contributed by atoms with van der Waals surface area (Å²) in [6, 6.07) is 1.28. The molecule has 0 aromatic rings. The average molecular weight is 331 g/mol. The third kappa shape index (κ3) is 9.37. The van der Waals surface area contributed by atoms with Gasteiger partial charge in [-0.25, -0.2) is 0 Å². The van der Waals surface area contributed by atoms with Crippen LogP contribution in [0.3, 0.4) is 0 Å². The summed E-state index contributed by atoms with van der Waals surface area (Å²) in [4.78, 5) is 0. The Hall–Kier alpha value is 0.420. The van der Waals surface area contributed by atoms with E-state index in [1.165, 1.54) is 12.8 Å². The Bertz CT molecular complexity index is 201. The first-order valence-electron chi connectivity index (χ1n) is 7.18. The third-order valence-electron chi connectivity index (χ3n) is 3.82. The predicted molar refractivity (Wildman–Crippen MR) is 89.5 cm³/mol. The summed E-state index contributed by atoms with van der Waals surface area (Å²) in [5, 5.41) is 6.73. The summed E-state index contributed by atoms with van der Waals surface area (Å²) in [6.07, 6.45) is 5.66. The summed E-state index contributed by atoms with van der Waals surface area (Å²) in [5.74, 6) is 0. The Morgan fingerprint density at radius 1 is 0.750 bits per heavy atom. The molecule has 4 atom stereocenters. The van der Waals surface area contributed by atoms with Gasteiger partial charge in [-0.3, -0.25) is 0 Å². The second-order valence-corrected chi connectivity index (χ2v) is 5.47. The van der Waals surface area contributed by atoms with Crippen LogP contribution in [0, 0.1) is 0 Å². The van der Waals surface area contributed by atoms with Crippen LogP contribution in [0.1, 0.15) is 39.5 Å². The number of methoxy groups -OCH3 is 2. The molecule has 2 aliphatic heterocycles. The first-order valence-corrected chi connectivity index (χ1v) is 7.18. The molecule has 2 fully saturated rings.